The molecule has 0 saturated heterocycles. The fraction of sp³-hybridized carbons (Fsp3) is 0.375. The van der Waals surface area contributed by atoms with Gasteiger partial charge < -0.3 is 4.90 Å². The van der Waals surface area contributed by atoms with Gasteiger partial charge in [-0.1, -0.05) is 44.2 Å². The first kappa shape index (κ1) is 14.7. The number of benzene rings is 1. The van der Waals surface area contributed by atoms with Crippen molar-refractivity contribution < 1.29 is 4.79 Å². The quantitative estimate of drug-likeness (QED) is 0.836. The largest absolute Gasteiger partial charge is 0.329 e. The summed E-state index contributed by atoms with van der Waals surface area (Å²) in [6, 6.07) is 10.1. The zero-order chi connectivity index (χ0) is 14.5. The maximum absolute atomic E-state index is 12.1. The molecule has 0 saturated carbocycles. The lowest BCUT2D eigenvalue weighted by Gasteiger charge is -2.32. The number of aromatic nitrogens is 1. The Labute approximate surface area is 124 Å². The molecule has 0 spiro atoms. The first-order chi connectivity index (χ1) is 9.59. The van der Waals surface area contributed by atoms with Crippen LogP contribution in [-0.4, -0.2) is 15.8 Å². The van der Waals surface area contributed by atoms with Gasteiger partial charge in [0.1, 0.15) is 5.01 Å². The molecule has 0 fully saturated rings. The van der Waals surface area contributed by atoms with Gasteiger partial charge in [0.05, 0.1) is 6.04 Å². The number of thiazole rings is 1. The average molecular weight is 288 g/mol. The van der Waals surface area contributed by atoms with Crippen LogP contribution in [0.4, 0.5) is 0 Å². The van der Waals surface area contributed by atoms with Crippen LogP contribution in [0.1, 0.15) is 37.4 Å². The maximum Gasteiger partial charge on any atom is 0.220 e. The van der Waals surface area contributed by atoms with Gasteiger partial charge in [-0.3, -0.25) is 4.79 Å². The SMILES string of the molecule is CC(=O)N(Cc1ccccc1)C(c1nccs1)C(C)C. The highest BCUT2D eigenvalue weighted by molar-refractivity contribution is 7.09. The second-order valence-electron chi connectivity index (χ2n) is 5.19. The third kappa shape index (κ3) is 3.45. The molecule has 0 bridgehead atoms. The van der Waals surface area contributed by atoms with E-state index in [1.807, 2.05) is 28.5 Å². The van der Waals surface area contributed by atoms with E-state index in [-0.39, 0.29) is 11.9 Å². The molecular weight excluding hydrogens is 268 g/mol. The lowest BCUT2D eigenvalue weighted by atomic mass is 10.0. The molecule has 4 heteroatoms. The zero-order valence-corrected chi connectivity index (χ0v) is 12.9. The summed E-state index contributed by atoms with van der Waals surface area (Å²) in [6.45, 7) is 6.52. The van der Waals surface area contributed by atoms with Crippen LogP contribution >= 0.6 is 11.3 Å². The van der Waals surface area contributed by atoms with E-state index < -0.39 is 0 Å². The van der Waals surface area contributed by atoms with Crippen LogP contribution in [0.5, 0.6) is 0 Å². The van der Waals surface area contributed by atoms with Crippen LogP contribution in [0.3, 0.4) is 0 Å². The van der Waals surface area contributed by atoms with Gasteiger partial charge in [0.2, 0.25) is 5.91 Å². The number of amides is 1. The minimum Gasteiger partial charge on any atom is -0.329 e. The molecule has 0 aliphatic rings. The van der Waals surface area contributed by atoms with Crippen LogP contribution in [0.15, 0.2) is 41.9 Å². The Morgan fingerprint density at radius 1 is 1.30 bits per heavy atom. The summed E-state index contributed by atoms with van der Waals surface area (Å²) in [4.78, 5) is 18.4. The molecule has 0 aliphatic heterocycles. The van der Waals surface area contributed by atoms with Gasteiger partial charge >= 0.3 is 0 Å². The predicted octanol–water partition coefficient (Wildman–Crippen LogP) is 3.89. The van der Waals surface area contributed by atoms with Gasteiger partial charge in [-0.25, -0.2) is 4.98 Å². The number of carbonyl (C=O) groups excluding carboxylic acids is 1. The van der Waals surface area contributed by atoms with E-state index in [4.69, 9.17) is 0 Å². The molecule has 1 heterocycles. The molecule has 1 aromatic heterocycles. The van der Waals surface area contributed by atoms with Crippen molar-refractivity contribution in [2.24, 2.45) is 5.92 Å². The Hall–Kier alpha value is -1.68. The van der Waals surface area contributed by atoms with Gasteiger partial charge in [-0.15, -0.1) is 11.3 Å². The third-order valence-electron chi connectivity index (χ3n) is 3.27. The van der Waals surface area contributed by atoms with Gasteiger partial charge in [0.25, 0.3) is 0 Å². The highest BCUT2D eigenvalue weighted by Gasteiger charge is 2.27. The van der Waals surface area contributed by atoms with Gasteiger partial charge in [0, 0.05) is 25.0 Å². The van der Waals surface area contributed by atoms with Crippen molar-refractivity contribution >= 4 is 17.2 Å². The minimum atomic E-state index is 0.0349. The van der Waals surface area contributed by atoms with Crippen molar-refractivity contribution in [3.8, 4) is 0 Å². The molecule has 3 nitrogen and oxygen atoms in total. The molecule has 1 atom stereocenters. The van der Waals surface area contributed by atoms with Crippen molar-refractivity contribution in [3.05, 3.63) is 52.5 Å². The summed E-state index contributed by atoms with van der Waals surface area (Å²) in [6.07, 6.45) is 1.80. The molecule has 106 valence electrons. The molecular formula is C16H20N2OS. The molecule has 0 N–H and O–H groups in total. The Morgan fingerprint density at radius 3 is 2.50 bits per heavy atom. The Balaban J connectivity index is 2.28. The molecule has 1 aromatic carbocycles. The summed E-state index contributed by atoms with van der Waals surface area (Å²) >= 11 is 1.61. The van der Waals surface area contributed by atoms with E-state index in [1.165, 1.54) is 0 Å². The van der Waals surface area contributed by atoms with Gasteiger partial charge in [-0.05, 0) is 11.5 Å². The summed E-state index contributed by atoms with van der Waals surface area (Å²) in [5.74, 6) is 0.413. The van der Waals surface area contributed by atoms with Crippen LogP contribution < -0.4 is 0 Å². The fourth-order valence-corrected chi connectivity index (χ4v) is 3.27. The van der Waals surface area contributed by atoms with Crippen LogP contribution in [-0.2, 0) is 11.3 Å². The van der Waals surface area contributed by atoms with E-state index in [1.54, 1.807) is 24.5 Å². The first-order valence-corrected chi connectivity index (χ1v) is 7.68. The highest BCUT2D eigenvalue weighted by Crippen LogP contribution is 2.31. The van der Waals surface area contributed by atoms with Crippen molar-refractivity contribution in [3.63, 3.8) is 0 Å². The zero-order valence-electron chi connectivity index (χ0n) is 12.1. The van der Waals surface area contributed by atoms with E-state index in [0.717, 1.165) is 10.6 Å². The number of rotatable bonds is 5. The van der Waals surface area contributed by atoms with E-state index in [9.17, 15) is 4.79 Å². The Kier molecular flexibility index (Phi) is 4.90. The molecule has 1 unspecified atom stereocenters. The van der Waals surface area contributed by atoms with Crippen molar-refractivity contribution in [2.75, 3.05) is 0 Å². The standard InChI is InChI=1S/C16H20N2OS/c1-12(2)15(16-17-9-10-20-16)18(13(3)19)11-14-7-5-4-6-8-14/h4-10,12,15H,11H2,1-3H3. The average Bonchev–Trinajstić information content (AvgIpc) is 2.92. The number of carbonyl (C=O) groups is 1. The lowest BCUT2D eigenvalue weighted by Crippen LogP contribution is -2.35. The monoisotopic (exact) mass is 288 g/mol. The second kappa shape index (κ2) is 6.66. The van der Waals surface area contributed by atoms with Crippen molar-refractivity contribution in [1.82, 2.24) is 9.88 Å². The summed E-state index contributed by atoms with van der Waals surface area (Å²) < 4.78 is 0. The molecule has 0 radical (unpaired) electrons. The maximum atomic E-state index is 12.1. The highest BCUT2D eigenvalue weighted by atomic mass is 32.1. The number of nitrogens with zero attached hydrogens (tertiary/aromatic N) is 2. The molecule has 2 aromatic rings. The van der Waals surface area contributed by atoms with Crippen molar-refractivity contribution in [1.29, 1.82) is 0 Å². The van der Waals surface area contributed by atoms with E-state index in [0.29, 0.717) is 12.5 Å². The smallest absolute Gasteiger partial charge is 0.220 e. The van der Waals surface area contributed by atoms with Gasteiger partial charge in [0.15, 0.2) is 0 Å². The molecule has 20 heavy (non-hydrogen) atoms. The van der Waals surface area contributed by atoms with Crippen LogP contribution in [0, 0.1) is 5.92 Å². The molecule has 0 aliphatic carbocycles. The van der Waals surface area contributed by atoms with Gasteiger partial charge in [-0.2, -0.15) is 0 Å². The second-order valence-corrected chi connectivity index (χ2v) is 6.12. The summed E-state index contributed by atoms with van der Waals surface area (Å²) in [5, 5.41) is 2.97. The predicted molar refractivity (Wildman–Crippen MR) is 82.4 cm³/mol. The van der Waals surface area contributed by atoms with Crippen LogP contribution in [0.2, 0.25) is 0 Å². The first-order valence-electron chi connectivity index (χ1n) is 6.80. The van der Waals surface area contributed by atoms with Crippen LogP contribution in [0.25, 0.3) is 0 Å². The summed E-state index contributed by atoms with van der Waals surface area (Å²) in [5.41, 5.74) is 1.14. The fourth-order valence-electron chi connectivity index (χ4n) is 2.34. The topological polar surface area (TPSA) is 33.2 Å². The third-order valence-corrected chi connectivity index (χ3v) is 4.12. The Bertz CT molecular complexity index is 537. The normalized spacial score (nSPS) is 12.4. The van der Waals surface area contributed by atoms with Crippen molar-refractivity contribution in [2.45, 2.75) is 33.4 Å². The van der Waals surface area contributed by atoms with E-state index in [2.05, 4.69) is 31.0 Å². The lowest BCUT2D eigenvalue weighted by molar-refractivity contribution is -0.133. The number of hydrogen-bond acceptors (Lipinski definition) is 3. The Morgan fingerprint density at radius 2 is 2.00 bits per heavy atom. The van der Waals surface area contributed by atoms with E-state index >= 15 is 0 Å². The minimum absolute atomic E-state index is 0.0349. The summed E-state index contributed by atoms with van der Waals surface area (Å²) in [7, 11) is 0. The molecule has 1 amide bonds. The molecule has 2 rings (SSSR count). The number of hydrogen-bond donors (Lipinski definition) is 0.